The van der Waals surface area contributed by atoms with E-state index in [4.69, 9.17) is 22.4 Å². The molecule has 10 heteroatoms. The van der Waals surface area contributed by atoms with Crippen LogP contribution in [0.1, 0.15) is 0 Å². The second-order valence-electron chi connectivity index (χ2n) is 5.46. The lowest BCUT2D eigenvalue weighted by Crippen LogP contribution is -2.59. The highest BCUT2D eigenvalue weighted by molar-refractivity contribution is 6.69. The molecule has 112 valence electrons. The molecule has 0 aromatic carbocycles. The molecule has 0 N–H and O–H groups in total. The van der Waals surface area contributed by atoms with E-state index in [0.717, 1.165) is 0 Å². The Labute approximate surface area is 124 Å². The van der Waals surface area contributed by atoms with E-state index in [2.05, 4.69) is 19.6 Å². The zero-order valence-electron chi connectivity index (χ0n) is 12.5. The van der Waals surface area contributed by atoms with Crippen molar-refractivity contribution in [2.24, 2.45) is 0 Å². The first-order valence-electron chi connectivity index (χ1n) is 6.27. The van der Waals surface area contributed by atoms with Crippen LogP contribution in [0.5, 0.6) is 0 Å². The SMILES string of the molecule is C[Si](C)(C)OC[C@H]1OC(=O)[C@H](O[SiH3])[C@@H](O[SiH3])[C@@H]1O[SiH3]. The third kappa shape index (κ3) is 4.59. The van der Waals surface area contributed by atoms with E-state index in [0.29, 0.717) is 38.1 Å². The molecule has 1 fully saturated rings. The molecule has 6 nitrogen and oxygen atoms in total. The van der Waals surface area contributed by atoms with Gasteiger partial charge in [0.15, 0.2) is 20.5 Å². The van der Waals surface area contributed by atoms with Crippen LogP contribution in [0.3, 0.4) is 0 Å². The minimum atomic E-state index is -1.66. The quantitative estimate of drug-likeness (QED) is 0.374. The number of hydrogen-bond donors (Lipinski definition) is 0. The van der Waals surface area contributed by atoms with E-state index >= 15 is 0 Å². The van der Waals surface area contributed by atoms with Crippen molar-refractivity contribution in [2.45, 2.75) is 44.1 Å². The normalized spacial score (nSPS) is 32.7. The zero-order valence-corrected chi connectivity index (χ0v) is 19.5. The maximum Gasteiger partial charge on any atom is 0.337 e. The van der Waals surface area contributed by atoms with Crippen LogP contribution in [0.25, 0.3) is 0 Å². The molecule has 0 amide bonds. The van der Waals surface area contributed by atoms with E-state index in [9.17, 15) is 4.79 Å². The van der Waals surface area contributed by atoms with Crippen LogP contribution < -0.4 is 0 Å². The molecular weight excluding hydrogens is 316 g/mol. The van der Waals surface area contributed by atoms with Crippen LogP contribution in [0.15, 0.2) is 0 Å². The molecule has 19 heavy (non-hydrogen) atoms. The third-order valence-corrected chi connectivity index (χ3v) is 5.60. The first-order valence-corrected chi connectivity index (χ1v) is 12.1. The van der Waals surface area contributed by atoms with Crippen LogP contribution in [-0.2, 0) is 27.2 Å². The standard InChI is InChI=1S/C9H24O6Si4/c1-19(2,3)11-4-5-6(13-16)7(14-17)8(15-18)9(10)12-5/h5-8H,4H2,1-3,16-18H3/t5-,6-,7+,8-/m1/s1. The summed E-state index contributed by atoms with van der Waals surface area (Å²) >= 11 is 0. The van der Waals surface area contributed by atoms with Gasteiger partial charge in [0.1, 0.15) is 43.7 Å². The molecule has 4 atom stereocenters. The first kappa shape index (κ1) is 17.2. The topological polar surface area (TPSA) is 63.2 Å². The van der Waals surface area contributed by atoms with Gasteiger partial charge >= 0.3 is 5.97 Å². The number of carbonyl (C=O) groups excluding carboxylic acids is 1. The fraction of sp³-hybridized carbons (Fsp3) is 0.889. The largest absolute Gasteiger partial charge is 0.455 e. The van der Waals surface area contributed by atoms with Gasteiger partial charge in [-0.3, -0.25) is 0 Å². The molecule has 1 aliphatic rings. The van der Waals surface area contributed by atoms with Gasteiger partial charge in [0.25, 0.3) is 0 Å². The summed E-state index contributed by atoms with van der Waals surface area (Å²) in [5.74, 6) is -0.366. The van der Waals surface area contributed by atoms with Gasteiger partial charge in [0.05, 0.1) is 6.61 Å². The number of cyclic esters (lactones) is 1. The average molecular weight is 341 g/mol. The van der Waals surface area contributed by atoms with Gasteiger partial charge in [0, 0.05) is 0 Å². The summed E-state index contributed by atoms with van der Waals surface area (Å²) in [6, 6.07) is 0. The Morgan fingerprint density at radius 3 is 2.11 bits per heavy atom. The molecule has 0 unspecified atom stereocenters. The summed E-state index contributed by atoms with van der Waals surface area (Å²) in [4.78, 5) is 11.9. The highest BCUT2D eigenvalue weighted by Gasteiger charge is 2.46. The van der Waals surface area contributed by atoms with Gasteiger partial charge in [-0.05, 0) is 19.6 Å². The van der Waals surface area contributed by atoms with Crippen molar-refractivity contribution >= 4 is 45.7 Å². The molecule has 0 radical (unpaired) electrons. The maximum atomic E-state index is 11.9. The predicted molar refractivity (Wildman–Crippen MR) is 83.6 cm³/mol. The smallest absolute Gasteiger partial charge is 0.337 e. The number of ether oxygens (including phenoxy) is 1. The summed E-state index contributed by atoms with van der Waals surface area (Å²) in [7, 11) is -0.122. The Kier molecular flexibility index (Phi) is 6.59. The van der Waals surface area contributed by atoms with E-state index in [1.165, 1.54) is 0 Å². The Morgan fingerprint density at radius 1 is 1.11 bits per heavy atom. The molecule has 1 rings (SSSR count). The lowest BCUT2D eigenvalue weighted by atomic mass is 10.0. The fourth-order valence-electron chi connectivity index (χ4n) is 2.04. The van der Waals surface area contributed by atoms with Gasteiger partial charge < -0.3 is 22.4 Å². The van der Waals surface area contributed by atoms with Crippen molar-refractivity contribution in [3.63, 3.8) is 0 Å². The molecule has 0 aromatic heterocycles. The van der Waals surface area contributed by atoms with Gasteiger partial charge in [0.2, 0.25) is 0 Å². The predicted octanol–water partition coefficient (Wildman–Crippen LogP) is -3.24. The molecular formula is C9H24O6Si4. The molecule has 0 spiro atoms. The minimum absolute atomic E-state index is 0.280. The van der Waals surface area contributed by atoms with Crippen molar-refractivity contribution in [3.05, 3.63) is 0 Å². The van der Waals surface area contributed by atoms with E-state index in [1.807, 2.05) is 0 Å². The zero-order chi connectivity index (χ0) is 14.6. The lowest BCUT2D eigenvalue weighted by Gasteiger charge is -2.41. The van der Waals surface area contributed by atoms with Crippen molar-refractivity contribution in [3.8, 4) is 0 Å². The van der Waals surface area contributed by atoms with Crippen LogP contribution in [0.4, 0.5) is 0 Å². The van der Waals surface area contributed by atoms with Gasteiger partial charge in [-0.1, -0.05) is 0 Å². The van der Waals surface area contributed by atoms with Crippen molar-refractivity contribution < 1.29 is 27.2 Å². The molecule has 1 saturated heterocycles. The number of carbonyl (C=O) groups is 1. The van der Waals surface area contributed by atoms with Crippen LogP contribution in [0, 0.1) is 0 Å². The van der Waals surface area contributed by atoms with Gasteiger partial charge in [-0.2, -0.15) is 0 Å². The highest BCUT2D eigenvalue weighted by atomic mass is 28.4. The lowest BCUT2D eigenvalue weighted by molar-refractivity contribution is -0.194. The van der Waals surface area contributed by atoms with Crippen LogP contribution in [0.2, 0.25) is 19.6 Å². The molecule has 0 aliphatic carbocycles. The van der Waals surface area contributed by atoms with Gasteiger partial charge in [-0.15, -0.1) is 0 Å². The Balaban J connectivity index is 2.78. The van der Waals surface area contributed by atoms with Crippen LogP contribution >= 0.6 is 0 Å². The van der Waals surface area contributed by atoms with E-state index in [1.54, 1.807) is 0 Å². The van der Waals surface area contributed by atoms with Gasteiger partial charge in [-0.25, -0.2) is 4.79 Å². The Hall–Kier alpha value is 0.178. The molecule has 0 saturated carbocycles. The number of esters is 1. The Morgan fingerprint density at radius 2 is 1.68 bits per heavy atom. The molecule has 1 heterocycles. The number of rotatable bonds is 6. The summed E-state index contributed by atoms with van der Waals surface area (Å²) in [6.07, 6.45) is -1.69. The van der Waals surface area contributed by atoms with Crippen molar-refractivity contribution in [2.75, 3.05) is 6.61 Å². The summed E-state index contributed by atoms with van der Waals surface area (Å²) in [5, 5.41) is 0. The monoisotopic (exact) mass is 340 g/mol. The van der Waals surface area contributed by atoms with Crippen molar-refractivity contribution in [1.29, 1.82) is 0 Å². The summed E-state index contributed by atoms with van der Waals surface area (Å²) < 4.78 is 27.6. The third-order valence-electron chi connectivity index (χ3n) is 2.97. The first-order chi connectivity index (χ1) is 8.84. The summed E-state index contributed by atoms with van der Waals surface area (Å²) in [6.45, 7) is 6.65. The number of hydrogen-bond acceptors (Lipinski definition) is 6. The second-order valence-corrected chi connectivity index (χ2v) is 11.4. The van der Waals surface area contributed by atoms with Crippen molar-refractivity contribution in [1.82, 2.24) is 0 Å². The molecule has 0 bridgehead atoms. The summed E-state index contributed by atoms with van der Waals surface area (Å²) in [5.41, 5.74) is 0. The van der Waals surface area contributed by atoms with E-state index < -0.39 is 20.5 Å². The Bertz CT molecular complexity index is 310. The average Bonchev–Trinajstić information content (AvgIpc) is 2.34. The van der Waals surface area contributed by atoms with Crippen LogP contribution in [-0.4, -0.2) is 76.8 Å². The fourth-order valence-corrected chi connectivity index (χ4v) is 4.25. The molecule has 0 aromatic rings. The van der Waals surface area contributed by atoms with E-state index in [-0.39, 0.29) is 18.2 Å². The maximum absolute atomic E-state index is 11.9. The second kappa shape index (κ2) is 7.26. The highest BCUT2D eigenvalue weighted by Crippen LogP contribution is 2.24. The minimum Gasteiger partial charge on any atom is -0.455 e. The molecule has 1 aliphatic heterocycles.